The van der Waals surface area contributed by atoms with Gasteiger partial charge in [0.1, 0.15) is 0 Å². The number of hydrogen-bond acceptors (Lipinski definition) is 6. The summed E-state index contributed by atoms with van der Waals surface area (Å²) in [5, 5.41) is 0. The van der Waals surface area contributed by atoms with E-state index in [2.05, 4.69) is 35.7 Å². The first-order chi connectivity index (χ1) is 8.85. The average Bonchev–Trinajstić information content (AvgIpc) is 2.28. The molecule has 0 bridgehead atoms. The van der Waals surface area contributed by atoms with Gasteiger partial charge >= 0.3 is 6.01 Å². The molecule has 0 saturated heterocycles. The zero-order valence-corrected chi connectivity index (χ0v) is 12.6. The summed E-state index contributed by atoms with van der Waals surface area (Å²) in [5.41, 5.74) is 5.92. The van der Waals surface area contributed by atoms with Gasteiger partial charge in [-0.1, -0.05) is 20.8 Å². The van der Waals surface area contributed by atoms with E-state index in [4.69, 9.17) is 10.5 Å². The zero-order valence-electron chi connectivity index (χ0n) is 12.6. The van der Waals surface area contributed by atoms with E-state index in [0.29, 0.717) is 18.6 Å². The molecule has 0 atom stereocenters. The molecule has 2 N–H and O–H groups in total. The number of rotatable bonds is 6. The molecular formula is C13H25N5O. The molecule has 0 radical (unpaired) electrons. The quantitative estimate of drug-likeness (QED) is 0.850. The zero-order chi connectivity index (χ0) is 14.5. The van der Waals surface area contributed by atoms with Crippen molar-refractivity contribution in [2.75, 3.05) is 30.3 Å². The van der Waals surface area contributed by atoms with Crippen LogP contribution < -0.4 is 15.4 Å². The fourth-order valence-corrected chi connectivity index (χ4v) is 1.52. The highest BCUT2D eigenvalue weighted by Gasteiger charge is 2.13. The van der Waals surface area contributed by atoms with Crippen LogP contribution >= 0.6 is 0 Å². The van der Waals surface area contributed by atoms with Crippen molar-refractivity contribution in [3.63, 3.8) is 0 Å². The maximum Gasteiger partial charge on any atom is 0.323 e. The van der Waals surface area contributed by atoms with Crippen LogP contribution in [0.5, 0.6) is 6.01 Å². The van der Waals surface area contributed by atoms with Gasteiger partial charge in [-0.15, -0.1) is 0 Å². The molecule has 0 spiro atoms. The first-order valence-corrected chi connectivity index (χ1v) is 6.75. The molecule has 108 valence electrons. The van der Waals surface area contributed by atoms with Crippen LogP contribution in [0.1, 0.15) is 41.0 Å². The Hall–Kier alpha value is -1.59. The largest absolute Gasteiger partial charge is 0.463 e. The first-order valence-electron chi connectivity index (χ1n) is 6.75. The lowest BCUT2D eigenvalue weighted by atomic mass is 9.93. The van der Waals surface area contributed by atoms with E-state index in [-0.39, 0.29) is 11.4 Å². The van der Waals surface area contributed by atoms with Crippen LogP contribution in [0.4, 0.5) is 11.9 Å². The molecule has 1 aromatic heterocycles. The number of hydrogen-bond donors (Lipinski definition) is 1. The van der Waals surface area contributed by atoms with Gasteiger partial charge in [0.15, 0.2) is 0 Å². The second-order valence-corrected chi connectivity index (χ2v) is 5.61. The second-order valence-electron chi connectivity index (χ2n) is 5.61. The molecule has 0 unspecified atom stereocenters. The highest BCUT2D eigenvalue weighted by Crippen LogP contribution is 2.19. The predicted octanol–water partition coefficient (Wildman–Crippen LogP) is 2.11. The maximum atomic E-state index is 5.70. The number of nitrogens with two attached hydrogens (primary N) is 1. The number of nitrogens with zero attached hydrogens (tertiary/aromatic N) is 4. The SMILES string of the molecule is CCN(CC)c1nc(N)nc(OCCC(C)(C)C)n1. The molecule has 0 aliphatic carbocycles. The lowest BCUT2D eigenvalue weighted by Crippen LogP contribution is -2.25. The van der Waals surface area contributed by atoms with Crippen molar-refractivity contribution in [1.29, 1.82) is 0 Å². The summed E-state index contributed by atoms with van der Waals surface area (Å²) in [5.74, 6) is 0.769. The van der Waals surface area contributed by atoms with E-state index in [9.17, 15) is 0 Å². The Bertz CT molecular complexity index is 399. The molecule has 6 heteroatoms. The van der Waals surface area contributed by atoms with Crippen molar-refractivity contribution in [1.82, 2.24) is 15.0 Å². The standard InChI is InChI=1S/C13H25N5O/c1-6-18(7-2)11-15-10(14)16-12(17-11)19-9-8-13(3,4)5/h6-9H2,1-5H3,(H2,14,15,16,17). The normalized spacial score (nSPS) is 11.4. The van der Waals surface area contributed by atoms with Crippen LogP contribution in [-0.2, 0) is 0 Å². The highest BCUT2D eigenvalue weighted by atomic mass is 16.5. The molecule has 0 aromatic carbocycles. The topological polar surface area (TPSA) is 77.2 Å². The average molecular weight is 267 g/mol. The van der Waals surface area contributed by atoms with E-state index in [1.807, 2.05) is 18.7 Å². The fourth-order valence-electron chi connectivity index (χ4n) is 1.52. The molecule has 0 aliphatic rings. The molecule has 6 nitrogen and oxygen atoms in total. The van der Waals surface area contributed by atoms with Crippen LogP contribution in [0, 0.1) is 5.41 Å². The van der Waals surface area contributed by atoms with Crippen molar-refractivity contribution >= 4 is 11.9 Å². The third-order valence-corrected chi connectivity index (χ3v) is 2.75. The summed E-state index contributed by atoms with van der Waals surface area (Å²) in [7, 11) is 0. The van der Waals surface area contributed by atoms with E-state index < -0.39 is 0 Å². The Morgan fingerprint density at radius 2 is 1.74 bits per heavy atom. The van der Waals surface area contributed by atoms with Gasteiger partial charge in [-0.05, 0) is 25.7 Å². The van der Waals surface area contributed by atoms with Crippen molar-refractivity contribution < 1.29 is 4.74 Å². The summed E-state index contributed by atoms with van der Waals surface area (Å²) < 4.78 is 5.57. The van der Waals surface area contributed by atoms with E-state index >= 15 is 0 Å². The summed E-state index contributed by atoms with van der Waals surface area (Å²) in [6, 6.07) is 0.304. The van der Waals surface area contributed by atoms with Gasteiger partial charge in [0.05, 0.1) is 6.61 Å². The number of nitrogen functional groups attached to an aromatic ring is 1. The molecule has 0 fully saturated rings. The molecule has 19 heavy (non-hydrogen) atoms. The number of aromatic nitrogens is 3. The molecular weight excluding hydrogens is 242 g/mol. The van der Waals surface area contributed by atoms with Gasteiger partial charge in [-0.2, -0.15) is 15.0 Å². The third-order valence-electron chi connectivity index (χ3n) is 2.75. The van der Waals surface area contributed by atoms with Gasteiger partial charge in [0.2, 0.25) is 11.9 Å². The molecule has 0 amide bonds. The summed E-state index contributed by atoms with van der Waals surface area (Å²) in [6.45, 7) is 12.8. The Kier molecular flexibility index (Phi) is 5.32. The first kappa shape index (κ1) is 15.5. The smallest absolute Gasteiger partial charge is 0.323 e. The van der Waals surface area contributed by atoms with E-state index in [0.717, 1.165) is 19.5 Å². The minimum absolute atomic E-state index is 0.197. The van der Waals surface area contributed by atoms with Crippen molar-refractivity contribution in [3.05, 3.63) is 0 Å². The van der Waals surface area contributed by atoms with Crippen LogP contribution in [0.15, 0.2) is 0 Å². The minimum Gasteiger partial charge on any atom is -0.463 e. The number of anilines is 2. The summed E-state index contributed by atoms with van der Waals surface area (Å²) >= 11 is 0. The maximum absolute atomic E-state index is 5.70. The highest BCUT2D eigenvalue weighted by molar-refractivity contribution is 5.35. The Balaban J connectivity index is 2.74. The van der Waals surface area contributed by atoms with Crippen LogP contribution in [0.25, 0.3) is 0 Å². The van der Waals surface area contributed by atoms with Crippen molar-refractivity contribution in [2.24, 2.45) is 5.41 Å². The second kappa shape index (κ2) is 6.54. The fraction of sp³-hybridized carbons (Fsp3) is 0.769. The Morgan fingerprint density at radius 1 is 1.11 bits per heavy atom. The van der Waals surface area contributed by atoms with Crippen LogP contribution in [-0.4, -0.2) is 34.6 Å². The Morgan fingerprint density at radius 3 is 2.26 bits per heavy atom. The lowest BCUT2D eigenvalue weighted by Gasteiger charge is -2.20. The summed E-state index contributed by atoms with van der Waals surface area (Å²) in [6.07, 6.45) is 0.930. The molecule has 0 aliphatic heterocycles. The monoisotopic (exact) mass is 267 g/mol. The van der Waals surface area contributed by atoms with Gasteiger partial charge in [-0.3, -0.25) is 0 Å². The predicted molar refractivity (Wildman–Crippen MR) is 77.4 cm³/mol. The van der Waals surface area contributed by atoms with Gasteiger partial charge < -0.3 is 15.4 Å². The summed E-state index contributed by atoms with van der Waals surface area (Å²) in [4.78, 5) is 14.5. The Labute approximate surface area is 115 Å². The molecule has 1 heterocycles. The molecule has 1 rings (SSSR count). The van der Waals surface area contributed by atoms with Gasteiger partial charge in [0, 0.05) is 13.1 Å². The van der Waals surface area contributed by atoms with Crippen LogP contribution in [0.3, 0.4) is 0 Å². The van der Waals surface area contributed by atoms with E-state index in [1.54, 1.807) is 0 Å². The number of ether oxygens (including phenoxy) is 1. The minimum atomic E-state index is 0.197. The lowest BCUT2D eigenvalue weighted by molar-refractivity contribution is 0.229. The van der Waals surface area contributed by atoms with Crippen molar-refractivity contribution in [2.45, 2.75) is 41.0 Å². The van der Waals surface area contributed by atoms with E-state index in [1.165, 1.54) is 0 Å². The van der Waals surface area contributed by atoms with Crippen LogP contribution in [0.2, 0.25) is 0 Å². The van der Waals surface area contributed by atoms with Gasteiger partial charge in [-0.25, -0.2) is 0 Å². The van der Waals surface area contributed by atoms with Crippen molar-refractivity contribution in [3.8, 4) is 6.01 Å². The molecule has 0 saturated carbocycles. The third kappa shape index (κ3) is 5.28. The molecule has 1 aromatic rings. The van der Waals surface area contributed by atoms with Gasteiger partial charge in [0.25, 0.3) is 0 Å².